The van der Waals surface area contributed by atoms with Gasteiger partial charge in [0.15, 0.2) is 0 Å². The molecule has 1 saturated heterocycles. The monoisotopic (exact) mass is 305 g/mol. The van der Waals surface area contributed by atoms with Crippen molar-refractivity contribution < 1.29 is 16.8 Å². The number of nitrogens with one attached hydrogen (secondary N) is 1. The van der Waals surface area contributed by atoms with Crippen molar-refractivity contribution in [3.63, 3.8) is 0 Å². The van der Waals surface area contributed by atoms with Crippen molar-refractivity contribution in [2.45, 2.75) is 18.1 Å². The fourth-order valence-corrected chi connectivity index (χ4v) is 5.10. The molecule has 0 aliphatic carbocycles. The summed E-state index contributed by atoms with van der Waals surface area (Å²) < 4.78 is 49.1. The summed E-state index contributed by atoms with van der Waals surface area (Å²) in [5.41, 5.74) is 5.89. The molecule has 1 aliphatic rings. The molecule has 106 valence electrons. The molecule has 0 spiro atoms. The van der Waals surface area contributed by atoms with E-state index in [1.807, 2.05) is 0 Å². The highest BCUT2D eigenvalue weighted by molar-refractivity contribution is 7.94. The van der Waals surface area contributed by atoms with Crippen LogP contribution in [-0.4, -0.2) is 38.6 Å². The number of nitrogen functional groups attached to an aromatic ring is 1. The SMILES string of the molecule is Nc1ccc(NS(=O)(=O)C2CCS(=O)(=O)CC2)nc1. The molecule has 0 radical (unpaired) electrons. The van der Waals surface area contributed by atoms with Crippen LogP contribution >= 0.6 is 0 Å². The lowest BCUT2D eigenvalue weighted by molar-refractivity contribution is 0.555. The maximum Gasteiger partial charge on any atom is 0.236 e. The summed E-state index contributed by atoms with van der Waals surface area (Å²) in [5.74, 6) is 0.00391. The Morgan fingerprint density at radius 1 is 1.26 bits per heavy atom. The predicted molar refractivity (Wildman–Crippen MR) is 72.9 cm³/mol. The third-order valence-corrected chi connectivity index (χ3v) is 6.53. The first-order valence-corrected chi connectivity index (χ1v) is 9.09. The van der Waals surface area contributed by atoms with Gasteiger partial charge in [-0.1, -0.05) is 0 Å². The molecule has 2 rings (SSSR count). The van der Waals surface area contributed by atoms with Crippen LogP contribution in [0.1, 0.15) is 12.8 Å². The first kappa shape index (κ1) is 14.1. The van der Waals surface area contributed by atoms with Gasteiger partial charge in [-0.2, -0.15) is 0 Å². The molecule has 9 heteroatoms. The van der Waals surface area contributed by atoms with Gasteiger partial charge in [0.2, 0.25) is 10.0 Å². The Morgan fingerprint density at radius 2 is 1.89 bits per heavy atom. The first-order valence-electron chi connectivity index (χ1n) is 5.72. The average molecular weight is 305 g/mol. The maximum atomic E-state index is 12.1. The van der Waals surface area contributed by atoms with E-state index in [4.69, 9.17) is 5.73 Å². The molecular weight excluding hydrogens is 290 g/mol. The van der Waals surface area contributed by atoms with Crippen LogP contribution < -0.4 is 10.5 Å². The number of sulfone groups is 1. The summed E-state index contributed by atoms with van der Waals surface area (Å²) in [5, 5.41) is -0.699. The number of nitrogens with zero attached hydrogens (tertiary/aromatic N) is 1. The Hall–Kier alpha value is -1.35. The lowest BCUT2D eigenvalue weighted by Gasteiger charge is -2.22. The standard InChI is InChI=1S/C10H15N3O4S2/c11-8-1-2-10(12-7-8)13-19(16,17)9-3-5-18(14,15)6-4-9/h1-2,7,9H,3-6,11H2,(H,12,13). The van der Waals surface area contributed by atoms with Gasteiger partial charge < -0.3 is 5.73 Å². The topological polar surface area (TPSA) is 119 Å². The van der Waals surface area contributed by atoms with Crippen molar-refractivity contribution in [3.05, 3.63) is 18.3 Å². The number of sulfonamides is 1. The molecule has 19 heavy (non-hydrogen) atoms. The molecule has 1 aliphatic heterocycles. The van der Waals surface area contributed by atoms with Crippen LogP contribution in [0.3, 0.4) is 0 Å². The van der Waals surface area contributed by atoms with E-state index in [1.54, 1.807) is 0 Å². The smallest absolute Gasteiger partial charge is 0.236 e. The molecule has 0 amide bonds. The van der Waals surface area contributed by atoms with Gasteiger partial charge in [-0.3, -0.25) is 4.72 Å². The van der Waals surface area contributed by atoms with Gasteiger partial charge in [0, 0.05) is 0 Å². The largest absolute Gasteiger partial charge is 0.397 e. The fraction of sp³-hybridized carbons (Fsp3) is 0.500. The normalized spacial score (nSPS) is 20.0. The Kier molecular flexibility index (Phi) is 3.68. The second kappa shape index (κ2) is 4.97. The van der Waals surface area contributed by atoms with Crippen LogP contribution in [0.25, 0.3) is 0 Å². The van der Waals surface area contributed by atoms with Crippen LogP contribution in [0.4, 0.5) is 11.5 Å². The molecule has 0 bridgehead atoms. The average Bonchev–Trinajstić information content (AvgIpc) is 2.31. The fourth-order valence-electron chi connectivity index (χ4n) is 1.87. The number of hydrogen-bond donors (Lipinski definition) is 2. The molecular formula is C10H15N3O4S2. The molecule has 1 aromatic heterocycles. The van der Waals surface area contributed by atoms with E-state index in [-0.39, 0.29) is 30.2 Å². The van der Waals surface area contributed by atoms with Gasteiger partial charge in [0.25, 0.3) is 0 Å². The van der Waals surface area contributed by atoms with Crippen LogP contribution in [0.2, 0.25) is 0 Å². The van der Waals surface area contributed by atoms with E-state index >= 15 is 0 Å². The van der Waals surface area contributed by atoms with Gasteiger partial charge in [-0.15, -0.1) is 0 Å². The zero-order valence-electron chi connectivity index (χ0n) is 10.1. The molecule has 1 fully saturated rings. The number of pyridine rings is 1. The van der Waals surface area contributed by atoms with Crippen molar-refractivity contribution >= 4 is 31.4 Å². The van der Waals surface area contributed by atoms with Crippen molar-refractivity contribution in [2.24, 2.45) is 0 Å². The van der Waals surface area contributed by atoms with E-state index < -0.39 is 25.1 Å². The second-order valence-electron chi connectivity index (χ2n) is 4.48. The predicted octanol–water partition coefficient (Wildman–Crippen LogP) is -0.0173. The second-order valence-corrected chi connectivity index (χ2v) is 8.74. The van der Waals surface area contributed by atoms with E-state index in [0.717, 1.165) is 0 Å². The highest BCUT2D eigenvalue weighted by atomic mass is 32.2. The van der Waals surface area contributed by atoms with Gasteiger partial charge in [-0.25, -0.2) is 21.8 Å². The summed E-state index contributed by atoms with van der Waals surface area (Å²) in [6.45, 7) is 0. The summed E-state index contributed by atoms with van der Waals surface area (Å²) in [6.07, 6.45) is 1.59. The van der Waals surface area contributed by atoms with Gasteiger partial charge in [0.05, 0.1) is 28.6 Å². The van der Waals surface area contributed by atoms with Crippen LogP contribution in [0.5, 0.6) is 0 Å². The van der Waals surface area contributed by atoms with Crippen LogP contribution in [0, 0.1) is 0 Å². The zero-order chi connectivity index (χ0) is 14.1. The quantitative estimate of drug-likeness (QED) is 0.810. The molecule has 3 N–H and O–H groups in total. The highest BCUT2D eigenvalue weighted by Gasteiger charge is 2.32. The number of aromatic nitrogens is 1. The van der Waals surface area contributed by atoms with Gasteiger partial charge >= 0.3 is 0 Å². The van der Waals surface area contributed by atoms with E-state index in [9.17, 15) is 16.8 Å². The van der Waals surface area contributed by atoms with E-state index in [2.05, 4.69) is 9.71 Å². The Bertz CT molecular complexity index is 639. The Morgan fingerprint density at radius 3 is 2.42 bits per heavy atom. The molecule has 2 heterocycles. The number of hydrogen-bond acceptors (Lipinski definition) is 6. The lowest BCUT2D eigenvalue weighted by atomic mass is 10.2. The van der Waals surface area contributed by atoms with Crippen molar-refractivity contribution in [1.82, 2.24) is 4.98 Å². The Balaban J connectivity index is 2.09. The molecule has 0 aromatic carbocycles. The third kappa shape index (κ3) is 3.57. The van der Waals surface area contributed by atoms with Crippen LogP contribution in [0.15, 0.2) is 18.3 Å². The van der Waals surface area contributed by atoms with Gasteiger partial charge in [0.1, 0.15) is 15.7 Å². The van der Waals surface area contributed by atoms with Crippen molar-refractivity contribution in [2.75, 3.05) is 22.0 Å². The minimum Gasteiger partial charge on any atom is -0.397 e. The molecule has 1 aromatic rings. The maximum absolute atomic E-state index is 12.1. The minimum absolute atomic E-state index is 0.0895. The summed E-state index contributed by atoms with van der Waals surface area (Å²) in [4.78, 5) is 3.85. The third-order valence-electron chi connectivity index (χ3n) is 2.97. The number of nitrogens with two attached hydrogens (primary N) is 1. The van der Waals surface area contributed by atoms with Crippen molar-refractivity contribution in [3.8, 4) is 0 Å². The lowest BCUT2D eigenvalue weighted by Crippen LogP contribution is -2.36. The van der Waals surface area contributed by atoms with Crippen LogP contribution in [-0.2, 0) is 19.9 Å². The molecule has 7 nitrogen and oxygen atoms in total. The van der Waals surface area contributed by atoms with E-state index in [1.165, 1.54) is 18.3 Å². The highest BCUT2D eigenvalue weighted by Crippen LogP contribution is 2.21. The number of rotatable bonds is 3. The zero-order valence-corrected chi connectivity index (χ0v) is 11.7. The molecule has 0 saturated carbocycles. The number of anilines is 2. The molecule has 0 atom stereocenters. The van der Waals surface area contributed by atoms with Gasteiger partial charge in [-0.05, 0) is 25.0 Å². The molecule has 0 unspecified atom stereocenters. The van der Waals surface area contributed by atoms with E-state index in [0.29, 0.717) is 5.69 Å². The summed E-state index contributed by atoms with van der Waals surface area (Å²) >= 11 is 0. The minimum atomic E-state index is -3.62. The summed E-state index contributed by atoms with van der Waals surface area (Å²) in [7, 11) is -6.70. The summed E-state index contributed by atoms with van der Waals surface area (Å²) in [6, 6.07) is 3.00. The Labute approximate surface area is 112 Å². The first-order chi connectivity index (χ1) is 8.78. The van der Waals surface area contributed by atoms with Crippen molar-refractivity contribution in [1.29, 1.82) is 0 Å².